The van der Waals surface area contributed by atoms with Gasteiger partial charge in [-0.2, -0.15) is 0 Å². The fourth-order valence-corrected chi connectivity index (χ4v) is 3.94. The quantitative estimate of drug-likeness (QED) is 0.714. The van der Waals surface area contributed by atoms with Crippen molar-refractivity contribution >= 4 is 17.4 Å². The second kappa shape index (κ2) is 7.48. The maximum Gasteiger partial charge on any atom is 0.226 e. The van der Waals surface area contributed by atoms with Gasteiger partial charge in [0, 0.05) is 48.1 Å². The van der Waals surface area contributed by atoms with Gasteiger partial charge in [-0.15, -0.1) is 0 Å². The van der Waals surface area contributed by atoms with Gasteiger partial charge in [-0.3, -0.25) is 9.78 Å². The topological polar surface area (TPSA) is 71.0 Å². The van der Waals surface area contributed by atoms with E-state index in [1.807, 2.05) is 17.0 Å². The molecule has 5 rings (SSSR count). The number of carbonyl (C=O) groups excluding carboxylic acids is 1. The number of anilines is 2. The van der Waals surface area contributed by atoms with Crippen LogP contribution < -0.4 is 5.32 Å². The summed E-state index contributed by atoms with van der Waals surface area (Å²) in [5.41, 5.74) is 3.28. The lowest BCUT2D eigenvalue weighted by Crippen LogP contribution is -2.38. The summed E-state index contributed by atoms with van der Waals surface area (Å²) >= 11 is 0. The number of halogens is 1. The molecule has 1 saturated carbocycles. The Morgan fingerprint density at radius 1 is 1.20 bits per heavy atom. The van der Waals surface area contributed by atoms with Crippen LogP contribution in [0, 0.1) is 17.7 Å². The normalized spacial score (nSPS) is 19.9. The van der Waals surface area contributed by atoms with Gasteiger partial charge >= 0.3 is 0 Å². The Bertz CT molecular complexity index is 1100. The lowest BCUT2D eigenvalue weighted by molar-refractivity contribution is -0.133. The van der Waals surface area contributed by atoms with Crippen molar-refractivity contribution in [3.05, 3.63) is 65.9 Å². The van der Waals surface area contributed by atoms with Crippen LogP contribution in [0.15, 0.2) is 48.8 Å². The molecule has 2 atom stereocenters. The van der Waals surface area contributed by atoms with Crippen molar-refractivity contribution in [1.82, 2.24) is 19.9 Å². The summed E-state index contributed by atoms with van der Waals surface area (Å²) in [5, 5.41) is 3.25. The SMILES string of the molecule is C[C@H]1C[C@H]1C(=O)N1CCc2nc(-c3ccncc3)nc(Nc3cccc(F)c3)c2C1. The van der Waals surface area contributed by atoms with Crippen molar-refractivity contribution in [1.29, 1.82) is 0 Å². The molecule has 0 saturated heterocycles. The molecule has 1 fully saturated rings. The van der Waals surface area contributed by atoms with Crippen LogP contribution in [0.25, 0.3) is 11.4 Å². The first-order valence-corrected chi connectivity index (χ1v) is 10.2. The van der Waals surface area contributed by atoms with E-state index in [2.05, 4.69) is 17.2 Å². The molecule has 3 heterocycles. The molecule has 0 spiro atoms. The van der Waals surface area contributed by atoms with Crippen LogP contribution in [0.5, 0.6) is 0 Å². The third-order valence-electron chi connectivity index (χ3n) is 5.82. The molecule has 2 aromatic heterocycles. The number of amides is 1. The minimum Gasteiger partial charge on any atom is -0.340 e. The van der Waals surface area contributed by atoms with Gasteiger partial charge in [0.1, 0.15) is 11.6 Å². The van der Waals surface area contributed by atoms with Crippen LogP contribution in [0.2, 0.25) is 0 Å². The number of hydrogen-bond donors (Lipinski definition) is 1. The van der Waals surface area contributed by atoms with E-state index in [1.54, 1.807) is 24.5 Å². The molecular formula is C23H22FN5O. The summed E-state index contributed by atoms with van der Waals surface area (Å²) in [7, 11) is 0. The zero-order valence-electron chi connectivity index (χ0n) is 16.7. The van der Waals surface area contributed by atoms with Crippen molar-refractivity contribution in [2.45, 2.75) is 26.3 Å². The summed E-state index contributed by atoms with van der Waals surface area (Å²) in [4.78, 5) is 28.3. The number of aromatic nitrogens is 3. The lowest BCUT2D eigenvalue weighted by atomic mass is 10.0. The highest BCUT2D eigenvalue weighted by molar-refractivity contribution is 5.82. The third-order valence-corrected chi connectivity index (χ3v) is 5.82. The highest BCUT2D eigenvalue weighted by Gasteiger charge is 2.42. The number of fused-ring (bicyclic) bond motifs is 1. The van der Waals surface area contributed by atoms with Crippen LogP contribution in [0.4, 0.5) is 15.9 Å². The van der Waals surface area contributed by atoms with Gasteiger partial charge in [0.2, 0.25) is 5.91 Å². The molecule has 0 bridgehead atoms. The summed E-state index contributed by atoms with van der Waals surface area (Å²) in [5.74, 6) is 1.70. The maximum absolute atomic E-state index is 13.7. The molecule has 7 heteroatoms. The predicted octanol–water partition coefficient (Wildman–Crippen LogP) is 3.96. The molecular weight excluding hydrogens is 381 g/mol. The van der Waals surface area contributed by atoms with Crippen molar-refractivity contribution in [3.8, 4) is 11.4 Å². The van der Waals surface area contributed by atoms with Crippen LogP contribution >= 0.6 is 0 Å². The second-order valence-corrected chi connectivity index (χ2v) is 8.02. The lowest BCUT2D eigenvalue weighted by Gasteiger charge is -2.30. The molecule has 1 aliphatic heterocycles. The molecule has 3 aromatic rings. The van der Waals surface area contributed by atoms with Gasteiger partial charge in [0.25, 0.3) is 0 Å². The first-order valence-electron chi connectivity index (χ1n) is 10.2. The maximum atomic E-state index is 13.7. The van der Waals surface area contributed by atoms with Crippen LogP contribution in [-0.2, 0) is 17.8 Å². The Kier molecular flexibility index (Phi) is 4.65. The first kappa shape index (κ1) is 18.7. The van der Waals surface area contributed by atoms with Gasteiger partial charge in [-0.1, -0.05) is 13.0 Å². The Morgan fingerprint density at radius 2 is 2.00 bits per heavy atom. The van der Waals surface area contributed by atoms with E-state index in [0.29, 0.717) is 42.8 Å². The number of carbonyl (C=O) groups is 1. The molecule has 6 nitrogen and oxygen atoms in total. The van der Waals surface area contributed by atoms with E-state index in [4.69, 9.17) is 9.97 Å². The Labute approximate surface area is 174 Å². The number of nitrogens with one attached hydrogen (secondary N) is 1. The smallest absolute Gasteiger partial charge is 0.226 e. The average molecular weight is 403 g/mol. The molecule has 152 valence electrons. The molecule has 1 aromatic carbocycles. The largest absolute Gasteiger partial charge is 0.340 e. The molecule has 0 unspecified atom stereocenters. The fraction of sp³-hybridized carbons (Fsp3) is 0.304. The Balaban J connectivity index is 1.53. The van der Waals surface area contributed by atoms with Crippen molar-refractivity contribution in [2.75, 3.05) is 11.9 Å². The summed E-state index contributed by atoms with van der Waals surface area (Å²) < 4.78 is 13.7. The van der Waals surface area contributed by atoms with Crippen LogP contribution in [0.3, 0.4) is 0 Å². The fourth-order valence-electron chi connectivity index (χ4n) is 3.94. The molecule has 0 radical (unpaired) electrons. The molecule has 1 amide bonds. The zero-order valence-corrected chi connectivity index (χ0v) is 16.7. The van der Waals surface area contributed by atoms with Crippen molar-refractivity contribution in [2.24, 2.45) is 11.8 Å². The molecule has 1 aliphatic carbocycles. The minimum absolute atomic E-state index is 0.142. The minimum atomic E-state index is -0.322. The van der Waals surface area contributed by atoms with E-state index in [0.717, 1.165) is 23.2 Å². The summed E-state index contributed by atoms with van der Waals surface area (Å²) in [6.07, 6.45) is 5.04. The Hall–Kier alpha value is -3.35. The number of nitrogens with zero attached hydrogens (tertiary/aromatic N) is 4. The predicted molar refractivity (Wildman–Crippen MR) is 111 cm³/mol. The number of pyridine rings is 1. The van der Waals surface area contributed by atoms with E-state index in [9.17, 15) is 9.18 Å². The van der Waals surface area contributed by atoms with Gasteiger partial charge in [0.15, 0.2) is 5.82 Å². The van der Waals surface area contributed by atoms with Crippen molar-refractivity contribution < 1.29 is 9.18 Å². The van der Waals surface area contributed by atoms with Crippen LogP contribution in [0.1, 0.15) is 24.6 Å². The average Bonchev–Trinajstić information content (AvgIpc) is 3.50. The van der Waals surface area contributed by atoms with Gasteiger partial charge in [0.05, 0.1) is 12.2 Å². The van der Waals surface area contributed by atoms with Gasteiger partial charge < -0.3 is 10.2 Å². The van der Waals surface area contributed by atoms with E-state index in [-0.39, 0.29) is 17.6 Å². The second-order valence-electron chi connectivity index (χ2n) is 8.02. The Morgan fingerprint density at radius 3 is 2.73 bits per heavy atom. The summed E-state index contributed by atoms with van der Waals surface area (Å²) in [6, 6.07) is 10.0. The number of rotatable bonds is 4. The molecule has 30 heavy (non-hydrogen) atoms. The van der Waals surface area contributed by atoms with Gasteiger partial charge in [-0.05, 0) is 42.7 Å². The number of benzene rings is 1. The van der Waals surface area contributed by atoms with Crippen LogP contribution in [-0.4, -0.2) is 32.3 Å². The standard InChI is InChI=1S/C23H22FN5O/c1-14-11-18(14)23(30)29-10-7-20-19(13-29)22(26-17-4-2-3-16(24)12-17)28-21(27-20)15-5-8-25-9-6-15/h2-6,8-9,12,14,18H,7,10-11,13H2,1H3,(H,26,27,28)/t14-,18+/m0/s1. The molecule has 1 N–H and O–H groups in total. The molecule has 2 aliphatic rings. The van der Waals surface area contributed by atoms with Gasteiger partial charge in [-0.25, -0.2) is 14.4 Å². The zero-order chi connectivity index (χ0) is 20.7. The van der Waals surface area contributed by atoms with E-state index < -0.39 is 0 Å². The van der Waals surface area contributed by atoms with Crippen molar-refractivity contribution in [3.63, 3.8) is 0 Å². The monoisotopic (exact) mass is 403 g/mol. The third kappa shape index (κ3) is 3.63. The summed E-state index contributed by atoms with van der Waals surface area (Å²) in [6.45, 7) is 3.23. The number of hydrogen-bond acceptors (Lipinski definition) is 5. The van der Waals surface area contributed by atoms with E-state index in [1.165, 1.54) is 12.1 Å². The first-order chi connectivity index (χ1) is 14.6. The highest BCUT2D eigenvalue weighted by Crippen LogP contribution is 2.40. The van der Waals surface area contributed by atoms with E-state index >= 15 is 0 Å². The highest BCUT2D eigenvalue weighted by atomic mass is 19.1.